The first-order valence-corrected chi connectivity index (χ1v) is 10.4. The van der Waals surface area contributed by atoms with Crippen molar-refractivity contribution in [2.75, 3.05) is 20.8 Å². The first-order chi connectivity index (χ1) is 14.8. The number of halogens is 3. The molecule has 0 bridgehead atoms. The Morgan fingerprint density at radius 1 is 1.23 bits per heavy atom. The fourth-order valence-corrected chi connectivity index (χ4v) is 4.65. The highest BCUT2D eigenvalue weighted by Gasteiger charge is 2.36. The van der Waals surface area contributed by atoms with E-state index in [4.69, 9.17) is 9.47 Å². The van der Waals surface area contributed by atoms with Gasteiger partial charge in [0.2, 0.25) is 5.91 Å². The first kappa shape index (κ1) is 21.2. The third kappa shape index (κ3) is 4.12. The molecule has 6 nitrogen and oxygen atoms in total. The van der Waals surface area contributed by atoms with E-state index in [0.29, 0.717) is 24.5 Å². The lowest BCUT2D eigenvalue weighted by Gasteiger charge is -2.37. The van der Waals surface area contributed by atoms with Crippen molar-refractivity contribution in [3.05, 3.63) is 63.6 Å². The van der Waals surface area contributed by atoms with E-state index in [9.17, 15) is 18.0 Å². The zero-order chi connectivity index (χ0) is 22.2. The summed E-state index contributed by atoms with van der Waals surface area (Å²) in [6, 6.07) is 8.13. The number of benzene rings is 1. The van der Waals surface area contributed by atoms with Crippen molar-refractivity contribution < 1.29 is 27.4 Å². The quantitative estimate of drug-likeness (QED) is 0.585. The Kier molecular flexibility index (Phi) is 5.65. The number of thiophene rings is 1. The molecule has 1 amide bonds. The van der Waals surface area contributed by atoms with Gasteiger partial charge in [-0.05, 0) is 47.2 Å². The number of nitrogens with zero attached hydrogens (tertiary/aromatic N) is 3. The summed E-state index contributed by atoms with van der Waals surface area (Å²) in [6.45, 7) is 0.151. The van der Waals surface area contributed by atoms with Crippen LogP contribution in [0.15, 0.2) is 41.9 Å². The molecule has 0 aliphatic carbocycles. The zero-order valence-electron chi connectivity index (χ0n) is 16.8. The smallest absolute Gasteiger partial charge is 0.435 e. The second-order valence-electron chi connectivity index (χ2n) is 7.06. The third-order valence-electron chi connectivity index (χ3n) is 5.24. The third-order valence-corrected chi connectivity index (χ3v) is 6.16. The van der Waals surface area contributed by atoms with E-state index in [1.165, 1.54) is 17.5 Å². The Bertz CT molecular complexity index is 1080. The lowest BCUT2D eigenvalue weighted by atomic mass is 9.90. The van der Waals surface area contributed by atoms with Crippen LogP contribution in [0.3, 0.4) is 0 Å². The van der Waals surface area contributed by atoms with Crippen molar-refractivity contribution in [3.8, 4) is 11.5 Å². The fourth-order valence-electron chi connectivity index (χ4n) is 3.80. The maximum absolute atomic E-state index is 13.2. The highest BCUT2D eigenvalue weighted by atomic mass is 32.1. The Hall–Kier alpha value is -3.01. The molecule has 0 spiro atoms. The van der Waals surface area contributed by atoms with Crippen molar-refractivity contribution in [2.45, 2.75) is 25.2 Å². The van der Waals surface area contributed by atoms with Gasteiger partial charge in [0.05, 0.1) is 20.3 Å². The van der Waals surface area contributed by atoms with Crippen LogP contribution in [0.2, 0.25) is 0 Å². The number of hydrogen-bond donors (Lipinski definition) is 0. The summed E-state index contributed by atoms with van der Waals surface area (Å²) >= 11 is 1.51. The number of hydrogen-bond acceptors (Lipinski definition) is 5. The van der Waals surface area contributed by atoms with Crippen molar-refractivity contribution in [3.63, 3.8) is 0 Å². The van der Waals surface area contributed by atoms with Gasteiger partial charge in [0.1, 0.15) is 6.54 Å². The summed E-state index contributed by atoms with van der Waals surface area (Å²) in [4.78, 5) is 15.8. The molecule has 0 saturated carbocycles. The number of amides is 1. The molecule has 3 heterocycles. The molecule has 0 unspecified atom stereocenters. The van der Waals surface area contributed by atoms with Crippen LogP contribution in [0, 0.1) is 0 Å². The van der Waals surface area contributed by atoms with Gasteiger partial charge in [0, 0.05) is 17.6 Å². The van der Waals surface area contributed by atoms with E-state index in [-0.39, 0.29) is 18.5 Å². The van der Waals surface area contributed by atoms with E-state index in [1.807, 2.05) is 29.6 Å². The minimum atomic E-state index is -4.55. The van der Waals surface area contributed by atoms with Crippen LogP contribution in [0.25, 0.3) is 0 Å². The lowest BCUT2D eigenvalue weighted by molar-refractivity contribution is -0.142. The van der Waals surface area contributed by atoms with E-state index in [2.05, 4.69) is 5.10 Å². The van der Waals surface area contributed by atoms with Crippen LogP contribution in [-0.4, -0.2) is 41.4 Å². The minimum absolute atomic E-state index is 0.277. The second-order valence-corrected chi connectivity index (χ2v) is 8.04. The average molecular weight is 451 g/mol. The highest BCUT2D eigenvalue weighted by molar-refractivity contribution is 7.10. The number of carbonyl (C=O) groups excluding carboxylic acids is 1. The SMILES string of the molecule is COc1cc2c(cc1OC)[C@H](c1cccs1)N(C(=O)Cn1ccc(C(F)(F)F)n1)CC2. The minimum Gasteiger partial charge on any atom is -0.493 e. The van der Waals surface area contributed by atoms with Crippen molar-refractivity contribution >= 4 is 17.2 Å². The van der Waals surface area contributed by atoms with Crippen LogP contribution in [0.1, 0.15) is 27.7 Å². The molecule has 1 aliphatic rings. The van der Waals surface area contributed by atoms with Crippen LogP contribution in [-0.2, 0) is 23.9 Å². The van der Waals surface area contributed by atoms with Crippen LogP contribution in [0.5, 0.6) is 11.5 Å². The summed E-state index contributed by atoms with van der Waals surface area (Å²) in [5.41, 5.74) is 0.936. The Labute approximate surface area is 180 Å². The number of carbonyl (C=O) groups is 1. The maximum Gasteiger partial charge on any atom is 0.435 e. The van der Waals surface area contributed by atoms with Crippen LogP contribution < -0.4 is 9.47 Å². The molecule has 31 heavy (non-hydrogen) atoms. The molecule has 164 valence electrons. The highest BCUT2D eigenvalue weighted by Crippen LogP contribution is 2.42. The van der Waals surface area contributed by atoms with E-state index >= 15 is 0 Å². The van der Waals surface area contributed by atoms with E-state index < -0.39 is 11.9 Å². The van der Waals surface area contributed by atoms with E-state index in [0.717, 1.165) is 26.8 Å². The lowest BCUT2D eigenvalue weighted by Crippen LogP contribution is -2.42. The Morgan fingerprint density at radius 3 is 2.58 bits per heavy atom. The van der Waals surface area contributed by atoms with Crippen molar-refractivity contribution in [1.82, 2.24) is 14.7 Å². The monoisotopic (exact) mass is 451 g/mol. The number of aromatic nitrogens is 2. The zero-order valence-corrected chi connectivity index (χ0v) is 17.7. The van der Waals surface area contributed by atoms with Gasteiger partial charge in [0.15, 0.2) is 17.2 Å². The van der Waals surface area contributed by atoms with Gasteiger partial charge in [-0.25, -0.2) is 0 Å². The van der Waals surface area contributed by atoms with Crippen molar-refractivity contribution in [2.24, 2.45) is 0 Å². The molecule has 0 N–H and O–H groups in total. The van der Waals surface area contributed by atoms with Gasteiger partial charge >= 0.3 is 6.18 Å². The Morgan fingerprint density at radius 2 is 1.97 bits per heavy atom. The summed E-state index contributed by atoms with van der Waals surface area (Å²) < 4.78 is 50.4. The second kappa shape index (κ2) is 8.26. The van der Waals surface area contributed by atoms with Gasteiger partial charge in [-0.3, -0.25) is 9.48 Å². The van der Waals surface area contributed by atoms with Gasteiger partial charge in [-0.2, -0.15) is 18.3 Å². The predicted molar refractivity (Wildman–Crippen MR) is 108 cm³/mol. The fraction of sp³-hybridized carbons (Fsp3) is 0.333. The topological polar surface area (TPSA) is 56.6 Å². The molecule has 10 heteroatoms. The molecule has 2 aromatic heterocycles. The average Bonchev–Trinajstić information content (AvgIpc) is 3.43. The molecule has 0 saturated heterocycles. The summed E-state index contributed by atoms with van der Waals surface area (Å²) in [7, 11) is 3.12. The van der Waals surface area contributed by atoms with Crippen LogP contribution in [0.4, 0.5) is 13.2 Å². The molecule has 0 fully saturated rings. The molecular formula is C21H20F3N3O3S. The number of methoxy groups -OCH3 is 2. The van der Waals surface area contributed by atoms with Gasteiger partial charge in [-0.1, -0.05) is 6.07 Å². The molecule has 1 aliphatic heterocycles. The van der Waals surface area contributed by atoms with Crippen molar-refractivity contribution in [1.29, 1.82) is 0 Å². The molecule has 3 aromatic rings. The van der Waals surface area contributed by atoms with Crippen LogP contribution >= 0.6 is 11.3 Å². The van der Waals surface area contributed by atoms with E-state index in [1.54, 1.807) is 19.1 Å². The molecule has 1 aromatic carbocycles. The standard InChI is InChI=1S/C21H20F3N3O3S/c1-29-15-10-13-5-8-27(19(28)12-26-7-6-18(25-26)21(22,23)24)20(17-4-3-9-31-17)14(13)11-16(15)30-2/h3-4,6-7,9-11,20H,5,8,12H2,1-2H3/t20-/m1/s1. The maximum atomic E-state index is 13.2. The van der Waals surface area contributed by atoms with Gasteiger partial charge in [-0.15, -0.1) is 11.3 Å². The number of fused-ring (bicyclic) bond motifs is 1. The predicted octanol–water partition coefficient (Wildman–Crippen LogP) is 4.15. The number of rotatable bonds is 5. The number of ether oxygens (including phenoxy) is 2. The molecule has 1 atom stereocenters. The normalized spacial score (nSPS) is 16.2. The summed E-state index contributed by atoms with van der Waals surface area (Å²) in [6.07, 6.45) is -2.78. The molecular weight excluding hydrogens is 431 g/mol. The summed E-state index contributed by atoms with van der Waals surface area (Å²) in [5.74, 6) is 0.858. The van der Waals surface area contributed by atoms with Gasteiger partial charge < -0.3 is 14.4 Å². The summed E-state index contributed by atoms with van der Waals surface area (Å²) in [5, 5.41) is 5.44. The first-order valence-electron chi connectivity index (χ1n) is 9.50. The largest absolute Gasteiger partial charge is 0.493 e. The van der Waals surface area contributed by atoms with Gasteiger partial charge in [0.25, 0.3) is 0 Å². The molecule has 4 rings (SSSR count). The Balaban J connectivity index is 1.68. The molecule has 0 radical (unpaired) electrons. The number of alkyl halides is 3.